The molecule has 1 saturated heterocycles. The van der Waals surface area contributed by atoms with Crippen molar-refractivity contribution in [3.63, 3.8) is 0 Å². The van der Waals surface area contributed by atoms with Gasteiger partial charge in [0.15, 0.2) is 5.78 Å². The molecular formula is C22H24N2O6. The molecule has 0 spiro atoms. The molecule has 1 aliphatic rings. The van der Waals surface area contributed by atoms with Crippen LogP contribution in [0.25, 0.3) is 0 Å². The number of urea groups is 1. The molecule has 0 aromatic heterocycles. The first kappa shape index (κ1) is 21.2. The van der Waals surface area contributed by atoms with Crippen LogP contribution in [0.3, 0.4) is 0 Å². The summed E-state index contributed by atoms with van der Waals surface area (Å²) in [5.41, 5.74) is -0.341. The van der Waals surface area contributed by atoms with E-state index < -0.39 is 29.8 Å². The maximum Gasteiger partial charge on any atom is 0.325 e. The first-order valence-corrected chi connectivity index (χ1v) is 9.44. The summed E-state index contributed by atoms with van der Waals surface area (Å²) in [7, 11) is 4.49. The molecule has 2 aromatic carbocycles. The maximum absolute atomic E-state index is 13.3. The number of Topliss-reactive ketones (excluding diaryl/α,β-unsaturated/α-hetero) is 1. The van der Waals surface area contributed by atoms with Crippen LogP contribution >= 0.6 is 0 Å². The molecule has 2 aromatic rings. The third kappa shape index (κ3) is 3.56. The van der Waals surface area contributed by atoms with Gasteiger partial charge in [0.05, 0.1) is 33.4 Å². The van der Waals surface area contributed by atoms with Crippen LogP contribution in [0, 0.1) is 0 Å². The van der Waals surface area contributed by atoms with Crippen molar-refractivity contribution in [3.05, 3.63) is 53.6 Å². The molecule has 0 saturated carbocycles. The van der Waals surface area contributed by atoms with E-state index in [1.54, 1.807) is 56.5 Å². The first-order valence-electron chi connectivity index (χ1n) is 9.44. The Morgan fingerprint density at radius 2 is 1.60 bits per heavy atom. The lowest BCUT2D eigenvalue weighted by molar-refractivity contribution is -0.131. The first-order chi connectivity index (χ1) is 14.4. The standard InChI is InChI=1S/C22H24N2O6/c1-5-22(14-6-8-15(28-2)9-7-14)20(26)24(21(27)23-22)13-18(25)17-11-10-16(29-3)12-19(17)30-4/h6-12H,5,13H2,1-4H3,(H,23,27)/t22-/m1/s1. The summed E-state index contributed by atoms with van der Waals surface area (Å²) >= 11 is 0. The predicted octanol–water partition coefficient (Wildman–Crippen LogP) is 2.75. The lowest BCUT2D eigenvalue weighted by Crippen LogP contribution is -2.43. The van der Waals surface area contributed by atoms with Gasteiger partial charge in [-0.3, -0.25) is 14.5 Å². The summed E-state index contributed by atoms with van der Waals surface area (Å²) in [5, 5.41) is 2.77. The van der Waals surface area contributed by atoms with Gasteiger partial charge in [-0.25, -0.2) is 4.79 Å². The molecule has 0 radical (unpaired) electrons. The van der Waals surface area contributed by atoms with Gasteiger partial charge in [0, 0.05) is 6.07 Å². The monoisotopic (exact) mass is 412 g/mol. The Kier molecular flexibility index (Phi) is 5.96. The van der Waals surface area contributed by atoms with Crippen molar-refractivity contribution in [2.45, 2.75) is 18.9 Å². The lowest BCUT2D eigenvalue weighted by atomic mass is 9.87. The highest BCUT2D eigenvalue weighted by Crippen LogP contribution is 2.34. The second kappa shape index (κ2) is 8.44. The number of ketones is 1. The highest BCUT2D eigenvalue weighted by molar-refractivity contribution is 6.12. The van der Waals surface area contributed by atoms with Crippen LogP contribution in [0.2, 0.25) is 0 Å². The number of hydrogen-bond donors (Lipinski definition) is 1. The molecule has 3 amide bonds. The van der Waals surface area contributed by atoms with Gasteiger partial charge in [0.2, 0.25) is 0 Å². The Balaban J connectivity index is 1.88. The Labute approximate surface area is 174 Å². The van der Waals surface area contributed by atoms with Gasteiger partial charge in [0.25, 0.3) is 5.91 Å². The maximum atomic E-state index is 13.3. The molecule has 158 valence electrons. The van der Waals surface area contributed by atoms with Gasteiger partial charge in [-0.05, 0) is 36.2 Å². The SMILES string of the molecule is CC[C@]1(c2ccc(OC)cc2)NC(=O)N(CC(=O)c2ccc(OC)cc2OC)C1=O. The third-order valence-electron chi connectivity index (χ3n) is 5.30. The van der Waals surface area contributed by atoms with Crippen LogP contribution in [-0.2, 0) is 10.3 Å². The van der Waals surface area contributed by atoms with Crippen LogP contribution in [-0.4, -0.2) is 50.5 Å². The minimum atomic E-state index is -1.23. The zero-order valence-electron chi connectivity index (χ0n) is 17.4. The molecule has 8 heteroatoms. The quantitative estimate of drug-likeness (QED) is 0.529. The van der Waals surface area contributed by atoms with Gasteiger partial charge in [-0.1, -0.05) is 19.1 Å². The number of methoxy groups -OCH3 is 3. The fourth-order valence-corrected chi connectivity index (χ4v) is 3.54. The van der Waals surface area contributed by atoms with E-state index in [1.807, 2.05) is 0 Å². The van der Waals surface area contributed by atoms with Crippen molar-refractivity contribution in [2.75, 3.05) is 27.9 Å². The third-order valence-corrected chi connectivity index (χ3v) is 5.30. The normalized spacial score (nSPS) is 18.2. The molecule has 1 atom stereocenters. The summed E-state index contributed by atoms with van der Waals surface area (Å²) in [6, 6.07) is 11.1. The summed E-state index contributed by atoms with van der Waals surface area (Å²) in [6.07, 6.45) is 0.334. The summed E-state index contributed by atoms with van der Waals surface area (Å²) in [6.45, 7) is 1.41. The van der Waals surface area contributed by atoms with E-state index in [1.165, 1.54) is 14.2 Å². The van der Waals surface area contributed by atoms with Crippen LogP contribution in [0.1, 0.15) is 29.3 Å². The number of benzene rings is 2. The summed E-state index contributed by atoms with van der Waals surface area (Å²) < 4.78 is 15.6. The molecule has 0 aliphatic carbocycles. The van der Waals surface area contributed by atoms with Crippen LogP contribution in [0.5, 0.6) is 17.2 Å². The molecule has 1 N–H and O–H groups in total. The molecule has 8 nitrogen and oxygen atoms in total. The second-order valence-corrected chi connectivity index (χ2v) is 6.80. The molecule has 0 bridgehead atoms. The molecule has 30 heavy (non-hydrogen) atoms. The Morgan fingerprint density at radius 1 is 0.967 bits per heavy atom. The molecule has 1 heterocycles. The smallest absolute Gasteiger partial charge is 0.325 e. The van der Waals surface area contributed by atoms with E-state index in [-0.39, 0.29) is 5.56 Å². The van der Waals surface area contributed by atoms with Gasteiger partial charge in [-0.15, -0.1) is 0 Å². The van der Waals surface area contributed by atoms with Gasteiger partial charge < -0.3 is 19.5 Å². The van der Waals surface area contributed by atoms with Crippen LogP contribution in [0.15, 0.2) is 42.5 Å². The summed E-state index contributed by atoms with van der Waals surface area (Å²) in [5.74, 6) is 0.590. The fourth-order valence-electron chi connectivity index (χ4n) is 3.54. The average molecular weight is 412 g/mol. The van der Waals surface area contributed by atoms with E-state index in [0.717, 1.165) is 4.90 Å². The molecule has 0 unspecified atom stereocenters. The number of carbonyl (C=O) groups excluding carboxylic acids is 3. The zero-order valence-corrected chi connectivity index (χ0v) is 17.4. The Hall–Kier alpha value is -3.55. The van der Waals surface area contributed by atoms with Crippen molar-refractivity contribution in [1.82, 2.24) is 10.2 Å². The molecular weight excluding hydrogens is 388 g/mol. The Morgan fingerprint density at radius 3 is 2.17 bits per heavy atom. The van der Waals surface area contributed by atoms with E-state index >= 15 is 0 Å². The number of rotatable bonds is 8. The minimum Gasteiger partial charge on any atom is -0.497 e. The van der Waals surface area contributed by atoms with Crippen LogP contribution < -0.4 is 19.5 Å². The van der Waals surface area contributed by atoms with Crippen molar-refractivity contribution >= 4 is 17.7 Å². The highest BCUT2D eigenvalue weighted by atomic mass is 16.5. The lowest BCUT2D eigenvalue weighted by Gasteiger charge is -2.26. The second-order valence-electron chi connectivity index (χ2n) is 6.80. The molecule has 3 rings (SSSR count). The van der Waals surface area contributed by atoms with Gasteiger partial charge in [0.1, 0.15) is 22.8 Å². The van der Waals surface area contributed by atoms with Crippen molar-refractivity contribution in [1.29, 1.82) is 0 Å². The van der Waals surface area contributed by atoms with E-state index in [4.69, 9.17) is 14.2 Å². The minimum absolute atomic E-state index is 0.261. The van der Waals surface area contributed by atoms with Crippen LogP contribution in [0.4, 0.5) is 4.79 Å². The van der Waals surface area contributed by atoms with Crippen molar-refractivity contribution in [2.24, 2.45) is 0 Å². The number of imide groups is 1. The zero-order chi connectivity index (χ0) is 21.9. The number of hydrogen-bond acceptors (Lipinski definition) is 6. The van der Waals surface area contributed by atoms with E-state index in [9.17, 15) is 14.4 Å². The van der Waals surface area contributed by atoms with E-state index in [2.05, 4.69) is 5.32 Å². The number of nitrogens with one attached hydrogen (secondary N) is 1. The summed E-state index contributed by atoms with van der Waals surface area (Å²) in [4.78, 5) is 39.7. The highest BCUT2D eigenvalue weighted by Gasteiger charge is 2.51. The Bertz CT molecular complexity index is 972. The molecule has 1 fully saturated rings. The number of ether oxygens (including phenoxy) is 3. The fraction of sp³-hybridized carbons (Fsp3) is 0.318. The van der Waals surface area contributed by atoms with Crippen molar-refractivity contribution < 1.29 is 28.6 Å². The average Bonchev–Trinajstić information content (AvgIpc) is 3.03. The van der Waals surface area contributed by atoms with E-state index in [0.29, 0.717) is 29.2 Å². The number of amides is 3. The van der Waals surface area contributed by atoms with Gasteiger partial charge >= 0.3 is 6.03 Å². The topological polar surface area (TPSA) is 94.2 Å². The number of nitrogens with zero attached hydrogens (tertiary/aromatic N) is 1. The van der Waals surface area contributed by atoms with Crippen molar-refractivity contribution in [3.8, 4) is 17.2 Å². The number of carbonyl (C=O) groups is 3. The van der Waals surface area contributed by atoms with Gasteiger partial charge in [-0.2, -0.15) is 0 Å². The predicted molar refractivity (Wildman–Crippen MR) is 109 cm³/mol. The molecule has 1 aliphatic heterocycles. The largest absolute Gasteiger partial charge is 0.497 e.